The molecule has 0 aliphatic rings. The van der Waals surface area contributed by atoms with Crippen LogP contribution in [0.3, 0.4) is 0 Å². The number of nitrogens with zero attached hydrogens (tertiary/aromatic N) is 1. The molecule has 1 rings (SSSR count). The highest BCUT2D eigenvalue weighted by Gasteiger charge is 2.21. The molecule has 0 aliphatic heterocycles. The molecule has 0 spiro atoms. The van der Waals surface area contributed by atoms with Crippen molar-refractivity contribution in [1.29, 1.82) is 0 Å². The van der Waals surface area contributed by atoms with Gasteiger partial charge in [-0.25, -0.2) is 0 Å². The molecule has 4 nitrogen and oxygen atoms in total. The summed E-state index contributed by atoms with van der Waals surface area (Å²) < 4.78 is 11.3. The van der Waals surface area contributed by atoms with Crippen LogP contribution in [0, 0.1) is 5.21 Å². The van der Waals surface area contributed by atoms with E-state index in [0.29, 0.717) is 23.5 Å². The first-order valence-corrected chi connectivity index (χ1v) is 5.66. The van der Waals surface area contributed by atoms with Crippen molar-refractivity contribution in [2.75, 3.05) is 13.2 Å². The molecule has 1 heterocycles. The maximum absolute atomic E-state index is 11.1. The molecule has 0 unspecified atom stereocenters. The van der Waals surface area contributed by atoms with E-state index in [0.717, 1.165) is 0 Å². The van der Waals surface area contributed by atoms with Crippen molar-refractivity contribution in [3.8, 4) is 0 Å². The van der Waals surface area contributed by atoms with Gasteiger partial charge in [-0.2, -0.15) is 4.73 Å². The highest BCUT2D eigenvalue weighted by Crippen LogP contribution is 2.31. The predicted octanol–water partition coefficient (Wildman–Crippen LogP) is 2.70. The Hall–Kier alpha value is -0.550. The number of ether oxygens (including phenoxy) is 2. The fourth-order valence-corrected chi connectivity index (χ4v) is 1.88. The van der Waals surface area contributed by atoms with Crippen LogP contribution in [0.1, 0.15) is 25.7 Å². The Morgan fingerprint density at radius 1 is 1.19 bits per heavy atom. The molecule has 0 amide bonds. The molecular weight excluding hydrogens is 253 g/mol. The van der Waals surface area contributed by atoms with Gasteiger partial charge in [0, 0.05) is 13.2 Å². The van der Waals surface area contributed by atoms with E-state index >= 15 is 0 Å². The normalized spacial score (nSPS) is 11.1. The lowest BCUT2D eigenvalue weighted by Gasteiger charge is -2.18. The fraction of sp³-hybridized carbons (Fsp3) is 0.500. The zero-order valence-corrected chi connectivity index (χ0v) is 10.6. The summed E-state index contributed by atoms with van der Waals surface area (Å²) in [6.45, 7) is 4.60. The summed E-state index contributed by atoms with van der Waals surface area (Å²) in [6.07, 6.45) is 1.79. The third-order valence-electron chi connectivity index (χ3n) is 1.87. The van der Waals surface area contributed by atoms with Crippen LogP contribution < -0.4 is 4.73 Å². The van der Waals surface area contributed by atoms with Crippen molar-refractivity contribution >= 4 is 23.2 Å². The molecule has 0 aliphatic carbocycles. The summed E-state index contributed by atoms with van der Waals surface area (Å²) >= 11 is 11.9. The zero-order valence-electron chi connectivity index (χ0n) is 9.07. The molecular formula is C10H13Cl2NO3. The van der Waals surface area contributed by atoms with Crippen LogP contribution in [0.5, 0.6) is 0 Å². The second-order valence-electron chi connectivity index (χ2n) is 2.97. The van der Waals surface area contributed by atoms with Crippen LogP contribution in [0.4, 0.5) is 0 Å². The molecule has 0 saturated carbocycles. The van der Waals surface area contributed by atoms with Gasteiger partial charge in [-0.1, -0.05) is 23.2 Å². The van der Waals surface area contributed by atoms with Crippen LogP contribution in [0.15, 0.2) is 12.4 Å². The van der Waals surface area contributed by atoms with Crippen molar-refractivity contribution in [2.45, 2.75) is 20.1 Å². The lowest BCUT2D eigenvalue weighted by Crippen LogP contribution is -2.26. The Bertz CT molecular complexity index is 331. The molecule has 90 valence electrons. The van der Waals surface area contributed by atoms with Crippen LogP contribution in [-0.4, -0.2) is 13.2 Å². The van der Waals surface area contributed by atoms with E-state index in [1.807, 2.05) is 13.8 Å². The first-order valence-electron chi connectivity index (χ1n) is 4.91. The Kier molecular flexibility index (Phi) is 5.28. The third-order valence-corrected chi connectivity index (χ3v) is 2.47. The van der Waals surface area contributed by atoms with Gasteiger partial charge in [0.05, 0.1) is 5.56 Å². The second-order valence-corrected chi connectivity index (χ2v) is 3.78. The summed E-state index contributed by atoms with van der Waals surface area (Å²) in [5, 5.41) is 11.5. The van der Waals surface area contributed by atoms with Gasteiger partial charge in [-0.3, -0.25) is 0 Å². The smallest absolute Gasteiger partial charge is 0.199 e. The van der Waals surface area contributed by atoms with Crippen molar-refractivity contribution in [1.82, 2.24) is 0 Å². The number of rotatable bonds is 5. The minimum atomic E-state index is -0.642. The van der Waals surface area contributed by atoms with E-state index in [1.54, 1.807) is 0 Å². The lowest BCUT2D eigenvalue weighted by atomic mass is 10.2. The molecule has 0 bridgehead atoms. The van der Waals surface area contributed by atoms with Gasteiger partial charge in [0.1, 0.15) is 10.0 Å². The molecule has 0 fully saturated rings. The SMILES string of the molecule is CCOC(OCC)c1c(Cl)c[n+]([O-])cc1Cl. The third kappa shape index (κ3) is 3.22. The van der Waals surface area contributed by atoms with Gasteiger partial charge in [0.15, 0.2) is 18.7 Å². The number of aromatic nitrogens is 1. The Morgan fingerprint density at radius 3 is 2.00 bits per heavy atom. The molecule has 0 saturated heterocycles. The summed E-state index contributed by atoms with van der Waals surface area (Å²) in [5.74, 6) is 0. The van der Waals surface area contributed by atoms with Crippen molar-refractivity contribution < 1.29 is 14.2 Å². The molecule has 6 heteroatoms. The Balaban J connectivity index is 3.07. The van der Waals surface area contributed by atoms with Gasteiger partial charge in [0.25, 0.3) is 0 Å². The van der Waals surface area contributed by atoms with Crippen LogP contribution in [0.25, 0.3) is 0 Å². The van der Waals surface area contributed by atoms with E-state index in [9.17, 15) is 5.21 Å². The highest BCUT2D eigenvalue weighted by molar-refractivity contribution is 6.35. The monoisotopic (exact) mass is 265 g/mol. The highest BCUT2D eigenvalue weighted by atomic mass is 35.5. The topological polar surface area (TPSA) is 45.4 Å². The fourth-order valence-electron chi connectivity index (χ4n) is 1.26. The number of pyridine rings is 1. The van der Waals surface area contributed by atoms with Crippen molar-refractivity contribution in [3.63, 3.8) is 0 Å². The summed E-state index contributed by atoms with van der Waals surface area (Å²) in [6, 6.07) is 0. The average molecular weight is 266 g/mol. The van der Waals surface area contributed by atoms with Crippen LogP contribution in [0.2, 0.25) is 10.0 Å². The molecule has 16 heavy (non-hydrogen) atoms. The summed E-state index contributed by atoms with van der Waals surface area (Å²) in [5.41, 5.74) is 0.485. The number of hydrogen-bond acceptors (Lipinski definition) is 3. The van der Waals surface area contributed by atoms with Gasteiger partial charge in [-0.05, 0) is 13.8 Å². The van der Waals surface area contributed by atoms with Crippen LogP contribution >= 0.6 is 23.2 Å². The Labute approximate surface area is 104 Å². The number of hydrogen-bond donors (Lipinski definition) is 0. The van der Waals surface area contributed by atoms with E-state index in [2.05, 4.69) is 0 Å². The van der Waals surface area contributed by atoms with E-state index in [-0.39, 0.29) is 10.0 Å². The van der Waals surface area contributed by atoms with Gasteiger partial charge in [0.2, 0.25) is 0 Å². The minimum absolute atomic E-state index is 0.231. The lowest BCUT2D eigenvalue weighted by molar-refractivity contribution is -0.605. The van der Waals surface area contributed by atoms with Crippen molar-refractivity contribution in [2.24, 2.45) is 0 Å². The Morgan fingerprint density at radius 2 is 1.62 bits per heavy atom. The predicted molar refractivity (Wildman–Crippen MR) is 61.4 cm³/mol. The van der Waals surface area contributed by atoms with E-state index in [1.165, 1.54) is 12.4 Å². The maximum Gasteiger partial charge on any atom is 0.199 e. The maximum atomic E-state index is 11.1. The van der Waals surface area contributed by atoms with Gasteiger partial charge >= 0.3 is 0 Å². The van der Waals surface area contributed by atoms with E-state index in [4.69, 9.17) is 32.7 Å². The van der Waals surface area contributed by atoms with Crippen molar-refractivity contribution in [3.05, 3.63) is 33.2 Å². The minimum Gasteiger partial charge on any atom is -0.619 e. The molecule has 0 aromatic carbocycles. The average Bonchev–Trinajstić information content (AvgIpc) is 2.16. The molecule has 1 aromatic heterocycles. The standard InChI is InChI=1S/C10H13Cl2NO3/c1-3-15-10(16-4-2)9-7(11)5-13(14)6-8(9)12/h5-6,10H,3-4H2,1-2H3. The summed E-state index contributed by atoms with van der Waals surface area (Å²) in [7, 11) is 0. The van der Waals surface area contributed by atoms with Crippen LogP contribution in [-0.2, 0) is 9.47 Å². The molecule has 0 atom stereocenters. The largest absolute Gasteiger partial charge is 0.619 e. The molecule has 1 aromatic rings. The first-order chi connectivity index (χ1) is 7.60. The summed E-state index contributed by atoms with van der Waals surface area (Å²) in [4.78, 5) is 0. The molecule has 0 radical (unpaired) electrons. The quantitative estimate of drug-likeness (QED) is 0.467. The van der Waals surface area contributed by atoms with Gasteiger partial charge < -0.3 is 14.7 Å². The van der Waals surface area contributed by atoms with Gasteiger partial charge in [-0.15, -0.1) is 0 Å². The first kappa shape index (κ1) is 13.5. The number of halogens is 2. The second kappa shape index (κ2) is 6.25. The van der Waals surface area contributed by atoms with E-state index < -0.39 is 6.29 Å². The zero-order chi connectivity index (χ0) is 12.1. The molecule has 0 N–H and O–H groups in total.